The molecule has 0 saturated heterocycles. The van der Waals surface area contributed by atoms with Gasteiger partial charge in [-0.3, -0.25) is 4.90 Å². The highest BCUT2D eigenvalue weighted by atomic mass is 32.1. The number of anilines is 1. The largest absolute Gasteiger partial charge is 0.375 e. The van der Waals surface area contributed by atoms with Crippen molar-refractivity contribution in [2.75, 3.05) is 12.3 Å². The Bertz CT molecular complexity index is 270. The normalized spacial score (nSPS) is 11.5. The van der Waals surface area contributed by atoms with Gasteiger partial charge >= 0.3 is 0 Å². The van der Waals surface area contributed by atoms with Gasteiger partial charge in [0.15, 0.2) is 5.13 Å². The van der Waals surface area contributed by atoms with Gasteiger partial charge in [-0.15, -0.1) is 11.3 Å². The first kappa shape index (κ1) is 11.5. The zero-order valence-corrected chi connectivity index (χ0v) is 9.97. The number of thiazole rings is 1. The monoisotopic (exact) mass is 213 g/mol. The van der Waals surface area contributed by atoms with Crippen LogP contribution in [0.1, 0.15) is 32.9 Å². The molecule has 14 heavy (non-hydrogen) atoms. The smallest absolute Gasteiger partial charge is 0.180 e. The van der Waals surface area contributed by atoms with Crippen molar-refractivity contribution < 1.29 is 0 Å². The molecule has 0 unspecified atom stereocenters. The summed E-state index contributed by atoms with van der Waals surface area (Å²) in [5, 5.41) is 2.71. The summed E-state index contributed by atoms with van der Waals surface area (Å²) in [5.41, 5.74) is 6.69. The van der Waals surface area contributed by atoms with E-state index in [4.69, 9.17) is 5.73 Å². The van der Waals surface area contributed by atoms with Gasteiger partial charge in [0.05, 0.1) is 5.69 Å². The van der Waals surface area contributed by atoms with E-state index in [1.165, 1.54) is 17.8 Å². The minimum absolute atomic E-state index is 0.567. The molecule has 0 fully saturated rings. The van der Waals surface area contributed by atoms with Gasteiger partial charge in [0, 0.05) is 18.0 Å². The quantitative estimate of drug-likeness (QED) is 0.816. The van der Waals surface area contributed by atoms with Crippen LogP contribution in [0.25, 0.3) is 0 Å². The zero-order chi connectivity index (χ0) is 10.6. The Morgan fingerprint density at radius 2 is 2.29 bits per heavy atom. The Morgan fingerprint density at radius 3 is 2.71 bits per heavy atom. The number of hydrogen-bond donors (Lipinski definition) is 1. The summed E-state index contributed by atoms with van der Waals surface area (Å²) in [5.74, 6) is 0. The van der Waals surface area contributed by atoms with Crippen LogP contribution in [0.2, 0.25) is 0 Å². The Morgan fingerprint density at radius 1 is 1.57 bits per heavy atom. The first-order chi connectivity index (χ1) is 6.63. The number of nitrogens with zero attached hydrogens (tertiary/aromatic N) is 2. The van der Waals surface area contributed by atoms with Gasteiger partial charge in [0.2, 0.25) is 0 Å². The molecule has 0 aromatic carbocycles. The fourth-order valence-electron chi connectivity index (χ4n) is 1.41. The van der Waals surface area contributed by atoms with Crippen molar-refractivity contribution in [1.82, 2.24) is 9.88 Å². The maximum atomic E-state index is 5.59. The fraction of sp³-hybridized carbons (Fsp3) is 0.700. The van der Waals surface area contributed by atoms with Crippen LogP contribution >= 0.6 is 11.3 Å². The molecule has 4 heteroatoms. The van der Waals surface area contributed by atoms with E-state index in [0.29, 0.717) is 11.2 Å². The first-order valence-corrected chi connectivity index (χ1v) is 5.95. The molecule has 0 aliphatic rings. The van der Waals surface area contributed by atoms with E-state index in [9.17, 15) is 0 Å². The summed E-state index contributed by atoms with van der Waals surface area (Å²) < 4.78 is 0. The molecule has 80 valence electrons. The maximum absolute atomic E-state index is 5.59. The molecule has 1 rings (SSSR count). The average Bonchev–Trinajstić information content (AvgIpc) is 2.50. The predicted molar refractivity (Wildman–Crippen MR) is 62.4 cm³/mol. The van der Waals surface area contributed by atoms with Crippen LogP contribution in [-0.2, 0) is 6.54 Å². The molecule has 0 spiro atoms. The van der Waals surface area contributed by atoms with Crippen LogP contribution in [0.5, 0.6) is 0 Å². The van der Waals surface area contributed by atoms with E-state index in [2.05, 4.69) is 30.7 Å². The van der Waals surface area contributed by atoms with Crippen molar-refractivity contribution >= 4 is 16.5 Å². The molecule has 0 radical (unpaired) electrons. The zero-order valence-electron chi connectivity index (χ0n) is 9.16. The maximum Gasteiger partial charge on any atom is 0.180 e. The molecule has 1 aromatic rings. The van der Waals surface area contributed by atoms with Gasteiger partial charge in [-0.2, -0.15) is 0 Å². The van der Waals surface area contributed by atoms with E-state index < -0.39 is 0 Å². The number of nitrogen functional groups attached to an aromatic ring is 1. The van der Waals surface area contributed by atoms with Crippen molar-refractivity contribution in [2.24, 2.45) is 0 Å². The second-order valence-electron chi connectivity index (χ2n) is 3.74. The molecule has 0 aliphatic heterocycles. The van der Waals surface area contributed by atoms with Gasteiger partial charge in [0.1, 0.15) is 0 Å². The van der Waals surface area contributed by atoms with Gasteiger partial charge in [0.25, 0.3) is 0 Å². The van der Waals surface area contributed by atoms with Crippen LogP contribution in [0.15, 0.2) is 5.38 Å². The minimum Gasteiger partial charge on any atom is -0.375 e. The summed E-state index contributed by atoms with van der Waals surface area (Å²) in [6.45, 7) is 8.66. The Kier molecular flexibility index (Phi) is 4.35. The average molecular weight is 213 g/mol. The molecular weight excluding hydrogens is 194 g/mol. The SMILES string of the molecule is CCCN(Cc1csc(N)n1)C(C)C. The lowest BCUT2D eigenvalue weighted by molar-refractivity contribution is 0.211. The Labute approximate surface area is 89.9 Å². The third kappa shape index (κ3) is 3.27. The molecule has 0 amide bonds. The lowest BCUT2D eigenvalue weighted by Crippen LogP contribution is -2.31. The number of nitrogens with two attached hydrogens (primary N) is 1. The highest BCUT2D eigenvalue weighted by molar-refractivity contribution is 7.13. The van der Waals surface area contributed by atoms with E-state index in [-0.39, 0.29) is 0 Å². The van der Waals surface area contributed by atoms with Crippen LogP contribution in [-0.4, -0.2) is 22.5 Å². The van der Waals surface area contributed by atoms with E-state index in [0.717, 1.165) is 18.8 Å². The van der Waals surface area contributed by atoms with Crippen LogP contribution < -0.4 is 5.73 Å². The van der Waals surface area contributed by atoms with E-state index in [1.54, 1.807) is 0 Å². The van der Waals surface area contributed by atoms with Crippen molar-refractivity contribution in [3.63, 3.8) is 0 Å². The molecule has 1 aromatic heterocycles. The molecule has 0 saturated carbocycles. The highest BCUT2D eigenvalue weighted by Gasteiger charge is 2.10. The first-order valence-electron chi connectivity index (χ1n) is 5.07. The second kappa shape index (κ2) is 5.32. The minimum atomic E-state index is 0.567. The van der Waals surface area contributed by atoms with Crippen LogP contribution in [0.4, 0.5) is 5.13 Å². The molecular formula is C10H19N3S. The van der Waals surface area contributed by atoms with Gasteiger partial charge in [-0.1, -0.05) is 6.92 Å². The van der Waals surface area contributed by atoms with Gasteiger partial charge in [-0.25, -0.2) is 4.98 Å². The lowest BCUT2D eigenvalue weighted by Gasteiger charge is -2.24. The summed E-state index contributed by atoms with van der Waals surface area (Å²) in [6, 6.07) is 0.567. The summed E-state index contributed by atoms with van der Waals surface area (Å²) in [6.07, 6.45) is 1.18. The van der Waals surface area contributed by atoms with Crippen molar-refractivity contribution in [2.45, 2.75) is 39.8 Å². The number of hydrogen-bond acceptors (Lipinski definition) is 4. The standard InChI is InChI=1S/C10H19N3S/c1-4-5-13(8(2)3)6-9-7-14-10(11)12-9/h7-8H,4-6H2,1-3H3,(H2,11,12). The predicted octanol–water partition coefficient (Wildman–Crippen LogP) is 2.35. The van der Waals surface area contributed by atoms with Crippen LogP contribution in [0, 0.1) is 0 Å². The summed E-state index contributed by atoms with van der Waals surface area (Å²) in [7, 11) is 0. The topological polar surface area (TPSA) is 42.1 Å². The molecule has 0 atom stereocenters. The summed E-state index contributed by atoms with van der Waals surface area (Å²) in [4.78, 5) is 6.68. The van der Waals surface area contributed by atoms with Crippen molar-refractivity contribution in [3.8, 4) is 0 Å². The highest BCUT2D eigenvalue weighted by Crippen LogP contribution is 2.14. The number of aromatic nitrogens is 1. The molecule has 2 N–H and O–H groups in total. The third-order valence-electron chi connectivity index (χ3n) is 2.18. The fourth-order valence-corrected chi connectivity index (χ4v) is 1.96. The molecule has 1 heterocycles. The second-order valence-corrected chi connectivity index (χ2v) is 4.63. The Hall–Kier alpha value is -0.610. The third-order valence-corrected chi connectivity index (χ3v) is 2.90. The lowest BCUT2D eigenvalue weighted by atomic mass is 10.2. The number of rotatable bonds is 5. The molecule has 0 bridgehead atoms. The van der Waals surface area contributed by atoms with Gasteiger partial charge < -0.3 is 5.73 Å². The Balaban J connectivity index is 2.55. The van der Waals surface area contributed by atoms with Gasteiger partial charge in [-0.05, 0) is 26.8 Å². The molecule has 3 nitrogen and oxygen atoms in total. The van der Waals surface area contributed by atoms with E-state index in [1.807, 2.05) is 5.38 Å². The van der Waals surface area contributed by atoms with Crippen molar-refractivity contribution in [1.29, 1.82) is 0 Å². The summed E-state index contributed by atoms with van der Waals surface area (Å²) >= 11 is 1.52. The van der Waals surface area contributed by atoms with E-state index >= 15 is 0 Å². The van der Waals surface area contributed by atoms with Crippen molar-refractivity contribution in [3.05, 3.63) is 11.1 Å². The van der Waals surface area contributed by atoms with Crippen LogP contribution in [0.3, 0.4) is 0 Å². The molecule has 0 aliphatic carbocycles.